The summed E-state index contributed by atoms with van der Waals surface area (Å²) in [4.78, 5) is 3.75. The van der Waals surface area contributed by atoms with Gasteiger partial charge in [-0.25, -0.2) is 4.99 Å². The number of nitrogens with zero attached hydrogens (tertiary/aromatic N) is 1. The lowest BCUT2D eigenvalue weighted by Gasteiger charge is -2.10. The van der Waals surface area contributed by atoms with E-state index in [0.29, 0.717) is 18.1 Å². The monoisotopic (exact) mass is 183 g/mol. The van der Waals surface area contributed by atoms with Crippen LogP contribution < -0.4 is 5.32 Å². The first-order valence-electron chi connectivity index (χ1n) is 4.14. The van der Waals surface area contributed by atoms with Gasteiger partial charge in [0.2, 0.25) is 0 Å². The van der Waals surface area contributed by atoms with Crippen molar-refractivity contribution in [3.63, 3.8) is 0 Å². The number of aliphatic imine (C=N–C) groups is 1. The van der Waals surface area contributed by atoms with Crippen LogP contribution in [-0.2, 0) is 0 Å². The molecule has 0 spiro atoms. The zero-order valence-corrected chi connectivity index (χ0v) is 8.39. The summed E-state index contributed by atoms with van der Waals surface area (Å²) in [5, 5.41) is 19.3. The molecule has 0 aliphatic rings. The van der Waals surface area contributed by atoms with Crippen LogP contribution in [0.15, 0.2) is 16.4 Å². The number of nitrogens with one attached hydrogen (secondary N) is 2. The maximum atomic E-state index is 9.02. The summed E-state index contributed by atoms with van der Waals surface area (Å²) in [6.45, 7) is 8.97. The van der Waals surface area contributed by atoms with E-state index in [-0.39, 0.29) is 0 Å². The molecule has 0 aliphatic heterocycles. The maximum Gasteiger partial charge on any atom is 0.129 e. The van der Waals surface area contributed by atoms with Crippen molar-refractivity contribution in [2.24, 2.45) is 4.99 Å². The number of hydrogen-bond acceptors (Lipinski definition) is 4. The van der Waals surface area contributed by atoms with Crippen LogP contribution in [0, 0.1) is 5.41 Å². The molecule has 13 heavy (non-hydrogen) atoms. The molecule has 0 bridgehead atoms. The Kier molecular flexibility index (Phi) is 4.99. The van der Waals surface area contributed by atoms with E-state index in [4.69, 9.17) is 10.5 Å². The molecule has 0 aromatic rings. The highest BCUT2D eigenvalue weighted by molar-refractivity contribution is 5.95. The number of rotatable bonds is 5. The zero-order valence-electron chi connectivity index (χ0n) is 8.39. The molecule has 0 fully saturated rings. The number of hydrogen-bond donors (Lipinski definition) is 3. The molecule has 0 saturated carbocycles. The Morgan fingerprint density at radius 2 is 2.15 bits per heavy atom. The third-order valence-electron chi connectivity index (χ3n) is 1.64. The van der Waals surface area contributed by atoms with E-state index in [0.717, 1.165) is 5.57 Å². The van der Waals surface area contributed by atoms with Crippen LogP contribution in [0.1, 0.15) is 20.8 Å². The summed E-state index contributed by atoms with van der Waals surface area (Å²) in [6, 6.07) is 0. The van der Waals surface area contributed by atoms with E-state index in [1.807, 2.05) is 0 Å². The van der Waals surface area contributed by atoms with E-state index < -0.39 is 6.10 Å². The lowest BCUT2D eigenvalue weighted by molar-refractivity contribution is 0.195. The van der Waals surface area contributed by atoms with Gasteiger partial charge >= 0.3 is 0 Å². The maximum absolute atomic E-state index is 9.02. The van der Waals surface area contributed by atoms with Crippen molar-refractivity contribution in [2.75, 3.05) is 6.54 Å². The highest BCUT2D eigenvalue weighted by Crippen LogP contribution is 2.02. The van der Waals surface area contributed by atoms with Gasteiger partial charge in [-0.15, -0.1) is 0 Å². The van der Waals surface area contributed by atoms with Crippen LogP contribution in [-0.4, -0.2) is 30.2 Å². The molecule has 0 aromatic carbocycles. The van der Waals surface area contributed by atoms with Gasteiger partial charge in [0.1, 0.15) is 5.82 Å². The molecule has 0 aliphatic carbocycles. The standard InChI is InChI=1S/C9H17N3O/c1-6(13)5-12-9(11-4)7(2)8(3)10/h6,10,12-13H,4-5H2,1-3H3/b9-7+,10-8?/t6-/m0/s1. The smallest absolute Gasteiger partial charge is 0.129 e. The first-order valence-corrected chi connectivity index (χ1v) is 4.14. The molecular weight excluding hydrogens is 166 g/mol. The minimum atomic E-state index is -0.435. The van der Waals surface area contributed by atoms with E-state index >= 15 is 0 Å². The van der Waals surface area contributed by atoms with E-state index in [1.165, 1.54) is 0 Å². The van der Waals surface area contributed by atoms with Crippen molar-refractivity contribution < 1.29 is 5.11 Å². The Balaban J connectivity index is 4.41. The Hall–Kier alpha value is -1.16. The van der Waals surface area contributed by atoms with E-state index in [2.05, 4.69) is 17.0 Å². The molecule has 3 N–H and O–H groups in total. The van der Waals surface area contributed by atoms with Crippen molar-refractivity contribution in [3.8, 4) is 0 Å². The average molecular weight is 183 g/mol. The van der Waals surface area contributed by atoms with Crippen molar-refractivity contribution >= 4 is 12.4 Å². The Morgan fingerprint density at radius 1 is 1.62 bits per heavy atom. The van der Waals surface area contributed by atoms with E-state index in [1.54, 1.807) is 20.8 Å². The molecule has 1 atom stereocenters. The van der Waals surface area contributed by atoms with Crippen molar-refractivity contribution in [2.45, 2.75) is 26.9 Å². The van der Waals surface area contributed by atoms with Gasteiger partial charge in [0.15, 0.2) is 0 Å². The number of aliphatic hydroxyl groups is 1. The van der Waals surface area contributed by atoms with Gasteiger partial charge in [0.25, 0.3) is 0 Å². The predicted octanol–water partition coefficient (Wildman–Crippen LogP) is 0.929. The number of allylic oxidation sites excluding steroid dienone is 1. The summed E-state index contributed by atoms with van der Waals surface area (Å²) in [5.74, 6) is 0.563. The molecule has 0 radical (unpaired) electrons. The first-order chi connectivity index (χ1) is 5.99. The Labute approximate surface area is 78.9 Å². The Morgan fingerprint density at radius 3 is 2.46 bits per heavy atom. The zero-order chi connectivity index (χ0) is 10.4. The van der Waals surface area contributed by atoms with Crippen molar-refractivity contribution in [1.82, 2.24) is 5.32 Å². The predicted molar refractivity (Wildman–Crippen MR) is 55.3 cm³/mol. The second-order valence-corrected chi connectivity index (χ2v) is 2.99. The summed E-state index contributed by atoms with van der Waals surface area (Å²) in [5.41, 5.74) is 1.19. The summed E-state index contributed by atoms with van der Waals surface area (Å²) < 4.78 is 0. The molecule has 0 saturated heterocycles. The summed E-state index contributed by atoms with van der Waals surface area (Å²) >= 11 is 0. The lowest BCUT2D eigenvalue weighted by atomic mass is 10.2. The highest BCUT2D eigenvalue weighted by atomic mass is 16.3. The van der Waals surface area contributed by atoms with Gasteiger partial charge in [-0.05, 0) is 27.5 Å². The largest absolute Gasteiger partial charge is 0.392 e. The quantitative estimate of drug-likeness (QED) is 0.555. The fourth-order valence-electron chi connectivity index (χ4n) is 0.729. The second-order valence-electron chi connectivity index (χ2n) is 2.99. The normalized spacial score (nSPS) is 14.5. The molecule has 0 amide bonds. The van der Waals surface area contributed by atoms with Gasteiger partial charge in [-0.3, -0.25) is 0 Å². The molecule has 0 aromatic heterocycles. The molecule has 0 unspecified atom stereocenters. The van der Waals surface area contributed by atoms with Gasteiger partial charge in [-0.1, -0.05) is 0 Å². The number of aliphatic hydroxyl groups excluding tert-OH is 1. The van der Waals surface area contributed by atoms with Crippen molar-refractivity contribution in [1.29, 1.82) is 5.41 Å². The minimum Gasteiger partial charge on any atom is -0.392 e. The minimum absolute atomic E-state index is 0.416. The summed E-state index contributed by atoms with van der Waals surface area (Å²) in [6.07, 6.45) is -0.435. The fraction of sp³-hybridized carbons (Fsp3) is 0.556. The van der Waals surface area contributed by atoms with Gasteiger partial charge in [-0.2, -0.15) is 0 Å². The SMILES string of the molecule is C=N/C(NC[C@H](C)O)=C(/C)C(C)=N. The molecule has 4 heteroatoms. The topological polar surface area (TPSA) is 68.5 Å². The third-order valence-corrected chi connectivity index (χ3v) is 1.64. The summed E-state index contributed by atoms with van der Waals surface area (Å²) in [7, 11) is 0. The van der Waals surface area contributed by atoms with Crippen LogP contribution in [0.25, 0.3) is 0 Å². The first kappa shape index (κ1) is 11.8. The average Bonchev–Trinajstić information content (AvgIpc) is 2.04. The van der Waals surface area contributed by atoms with Gasteiger partial charge in [0.05, 0.1) is 6.10 Å². The van der Waals surface area contributed by atoms with Crippen molar-refractivity contribution in [3.05, 3.63) is 11.4 Å². The lowest BCUT2D eigenvalue weighted by Crippen LogP contribution is -2.24. The van der Waals surface area contributed by atoms with Gasteiger partial charge in [0, 0.05) is 17.8 Å². The molecular formula is C9H17N3O. The molecule has 0 heterocycles. The molecule has 74 valence electrons. The fourth-order valence-corrected chi connectivity index (χ4v) is 0.729. The Bertz CT molecular complexity index is 231. The second kappa shape index (κ2) is 5.48. The van der Waals surface area contributed by atoms with Crippen LogP contribution >= 0.6 is 0 Å². The van der Waals surface area contributed by atoms with Crippen LogP contribution in [0.3, 0.4) is 0 Å². The highest BCUT2D eigenvalue weighted by Gasteiger charge is 2.02. The molecule has 4 nitrogen and oxygen atoms in total. The van der Waals surface area contributed by atoms with Crippen LogP contribution in [0.5, 0.6) is 0 Å². The van der Waals surface area contributed by atoms with Gasteiger partial charge < -0.3 is 15.8 Å². The van der Waals surface area contributed by atoms with Crippen LogP contribution in [0.4, 0.5) is 0 Å². The molecule has 0 rings (SSSR count). The van der Waals surface area contributed by atoms with Crippen LogP contribution in [0.2, 0.25) is 0 Å². The third kappa shape index (κ3) is 4.42. The van der Waals surface area contributed by atoms with E-state index in [9.17, 15) is 0 Å².